The van der Waals surface area contributed by atoms with E-state index in [1.165, 1.54) is 33.2 Å². The molecule has 3 heteroatoms. The number of amides is 1. The molecule has 0 saturated carbocycles. The average Bonchev–Trinajstić information content (AvgIpc) is 3.14. The molecular formula is C29H32N2O. The van der Waals surface area contributed by atoms with Gasteiger partial charge in [0.25, 0.3) is 0 Å². The molecule has 0 saturated heterocycles. The van der Waals surface area contributed by atoms with E-state index in [2.05, 4.69) is 110 Å². The van der Waals surface area contributed by atoms with Gasteiger partial charge in [0.15, 0.2) is 0 Å². The minimum absolute atomic E-state index is 0.0167. The zero-order valence-corrected chi connectivity index (χ0v) is 19.2. The molecule has 1 amide bonds. The predicted octanol–water partition coefficient (Wildman–Crippen LogP) is 6.15. The topological polar surface area (TPSA) is 34.0 Å². The lowest BCUT2D eigenvalue weighted by atomic mass is 9.87. The number of rotatable bonds is 8. The first-order valence-electron chi connectivity index (χ1n) is 11.4. The number of fused-ring (bicyclic) bond motifs is 1. The van der Waals surface area contributed by atoms with Crippen molar-refractivity contribution in [1.82, 2.24) is 9.88 Å². The average molecular weight is 425 g/mol. The third kappa shape index (κ3) is 5.11. The number of aromatic nitrogens is 1. The highest BCUT2D eigenvalue weighted by atomic mass is 16.1. The largest absolute Gasteiger partial charge is 0.354 e. The number of nitrogens with one attached hydrogen (secondary N) is 1. The van der Waals surface area contributed by atoms with Crippen LogP contribution in [0.4, 0.5) is 0 Å². The van der Waals surface area contributed by atoms with E-state index in [1.54, 1.807) is 0 Å². The molecule has 0 unspecified atom stereocenters. The van der Waals surface area contributed by atoms with E-state index >= 15 is 0 Å². The van der Waals surface area contributed by atoms with Crippen LogP contribution >= 0.6 is 0 Å². The van der Waals surface area contributed by atoms with Crippen molar-refractivity contribution in [2.24, 2.45) is 7.05 Å². The van der Waals surface area contributed by atoms with Crippen molar-refractivity contribution in [1.29, 1.82) is 0 Å². The summed E-state index contributed by atoms with van der Waals surface area (Å²) in [5.74, 6) is 0.118. The molecule has 1 heterocycles. The molecule has 0 aliphatic carbocycles. The van der Waals surface area contributed by atoms with Gasteiger partial charge in [0, 0.05) is 42.5 Å². The van der Waals surface area contributed by atoms with Gasteiger partial charge in [0.1, 0.15) is 0 Å². The maximum atomic E-state index is 13.1. The van der Waals surface area contributed by atoms with Crippen LogP contribution in [0.5, 0.6) is 0 Å². The summed E-state index contributed by atoms with van der Waals surface area (Å²) in [5.41, 5.74) is 6.11. The second kappa shape index (κ2) is 9.86. The maximum absolute atomic E-state index is 13.1. The molecule has 0 bridgehead atoms. The molecule has 1 N–H and O–H groups in total. The van der Waals surface area contributed by atoms with Crippen molar-refractivity contribution < 1.29 is 4.79 Å². The normalized spacial score (nSPS) is 13.1. The second-order valence-electron chi connectivity index (χ2n) is 8.87. The Labute approximate surface area is 191 Å². The highest BCUT2D eigenvalue weighted by Crippen LogP contribution is 2.34. The van der Waals surface area contributed by atoms with Gasteiger partial charge in [-0.3, -0.25) is 4.79 Å². The number of carbonyl (C=O) groups is 1. The predicted molar refractivity (Wildman–Crippen MR) is 133 cm³/mol. The van der Waals surface area contributed by atoms with Gasteiger partial charge in [0.05, 0.1) is 0 Å². The minimum Gasteiger partial charge on any atom is -0.354 e. The SMILES string of the molecule is Cc1ccc([C@@H](CC(=O)N[C@@H](C)CCc2ccccc2)c2cn(C)c3ccccc23)cc1. The lowest BCUT2D eigenvalue weighted by Gasteiger charge is -2.20. The van der Waals surface area contributed by atoms with Crippen molar-refractivity contribution in [3.8, 4) is 0 Å². The van der Waals surface area contributed by atoms with Gasteiger partial charge >= 0.3 is 0 Å². The molecule has 1 aromatic heterocycles. The standard InChI is InChI=1S/C29H32N2O/c1-21-13-17-24(18-14-21)26(27-20-31(3)28-12-8-7-11-25(27)28)19-29(32)30-22(2)15-16-23-9-5-4-6-10-23/h4-14,17-18,20,22,26H,15-16,19H2,1-3H3,(H,30,32)/t22-,26+/m0/s1. The fourth-order valence-corrected chi connectivity index (χ4v) is 4.48. The molecule has 0 aliphatic heterocycles. The number of carbonyl (C=O) groups excluding carboxylic acids is 1. The first-order chi connectivity index (χ1) is 15.5. The first kappa shape index (κ1) is 21.9. The fourth-order valence-electron chi connectivity index (χ4n) is 4.48. The fraction of sp³-hybridized carbons (Fsp3) is 0.276. The Kier molecular flexibility index (Phi) is 6.75. The molecule has 2 atom stereocenters. The van der Waals surface area contributed by atoms with Gasteiger partial charge in [-0.15, -0.1) is 0 Å². The van der Waals surface area contributed by atoms with Gasteiger partial charge in [-0.05, 0) is 49.4 Å². The van der Waals surface area contributed by atoms with E-state index in [4.69, 9.17) is 0 Å². The number of benzene rings is 3. The first-order valence-corrected chi connectivity index (χ1v) is 11.4. The van der Waals surface area contributed by atoms with E-state index in [1.807, 2.05) is 6.07 Å². The van der Waals surface area contributed by atoms with Crippen LogP contribution in [0.1, 0.15) is 47.9 Å². The van der Waals surface area contributed by atoms with Crippen LogP contribution in [0.2, 0.25) is 0 Å². The number of para-hydroxylation sites is 1. The van der Waals surface area contributed by atoms with E-state index in [9.17, 15) is 4.79 Å². The highest BCUT2D eigenvalue weighted by molar-refractivity contribution is 5.86. The van der Waals surface area contributed by atoms with Gasteiger partial charge in [-0.1, -0.05) is 78.4 Å². The smallest absolute Gasteiger partial charge is 0.221 e. The Balaban J connectivity index is 1.53. The van der Waals surface area contributed by atoms with Gasteiger partial charge in [0.2, 0.25) is 5.91 Å². The number of nitrogens with zero attached hydrogens (tertiary/aromatic N) is 1. The van der Waals surface area contributed by atoms with Crippen LogP contribution in [-0.2, 0) is 18.3 Å². The van der Waals surface area contributed by atoms with Crippen molar-refractivity contribution in [2.75, 3.05) is 0 Å². The van der Waals surface area contributed by atoms with Crippen LogP contribution in [-0.4, -0.2) is 16.5 Å². The second-order valence-corrected chi connectivity index (χ2v) is 8.87. The summed E-state index contributed by atoms with van der Waals surface area (Å²) in [4.78, 5) is 13.1. The van der Waals surface area contributed by atoms with Crippen LogP contribution < -0.4 is 5.32 Å². The Bertz CT molecular complexity index is 1170. The molecule has 0 spiro atoms. The maximum Gasteiger partial charge on any atom is 0.221 e. The van der Waals surface area contributed by atoms with Crippen LogP contribution in [0.15, 0.2) is 85.1 Å². The zero-order valence-electron chi connectivity index (χ0n) is 19.2. The van der Waals surface area contributed by atoms with Crippen molar-refractivity contribution in [3.63, 3.8) is 0 Å². The lowest BCUT2D eigenvalue weighted by Crippen LogP contribution is -2.33. The Hall–Kier alpha value is -3.33. The monoisotopic (exact) mass is 424 g/mol. The van der Waals surface area contributed by atoms with Crippen molar-refractivity contribution >= 4 is 16.8 Å². The summed E-state index contributed by atoms with van der Waals surface area (Å²) in [5, 5.41) is 4.45. The van der Waals surface area contributed by atoms with Gasteiger partial charge in [-0.25, -0.2) is 0 Å². The third-order valence-electron chi connectivity index (χ3n) is 6.29. The van der Waals surface area contributed by atoms with Gasteiger partial charge < -0.3 is 9.88 Å². The zero-order chi connectivity index (χ0) is 22.5. The minimum atomic E-state index is 0.0167. The molecule has 0 fully saturated rings. The molecule has 0 radical (unpaired) electrons. The molecule has 4 rings (SSSR count). The summed E-state index contributed by atoms with van der Waals surface area (Å²) in [6.45, 7) is 4.19. The molecule has 0 aliphatic rings. The van der Waals surface area contributed by atoms with Crippen LogP contribution in [0, 0.1) is 6.92 Å². The van der Waals surface area contributed by atoms with Crippen molar-refractivity contribution in [2.45, 2.75) is 45.1 Å². The van der Waals surface area contributed by atoms with E-state index in [-0.39, 0.29) is 17.9 Å². The number of hydrogen-bond donors (Lipinski definition) is 1. The highest BCUT2D eigenvalue weighted by Gasteiger charge is 2.23. The van der Waals surface area contributed by atoms with Gasteiger partial charge in [-0.2, -0.15) is 0 Å². The molecule has 32 heavy (non-hydrogen) atoms. The summed E-state index contributed by atoms with van der Waals surface area (Å²) in [6.07, 6.45) is 4.51. The van der Waals surface area contributed by atoms with E-state index in [0.29, 0.717) is 6.42 Å². The molecular weight excluding hydrogens is 392 g/mol. The Morgan fingerprint density at radius 3 is 2.38 bits per heavy atom. The van der Waals surface area contributed by atoms with Crippen LogP contribution in [0.25, 0.3) is 10.9 Å². The summed E-state index contributed by atoms with van der Waals surface area (Å²) < 4.78 is 2.16. The van der Waals surface area contributed by atoms with Crippen LogP contribution in [0.3, 0.4) is 0 Å². The quantitative estimate of drug-likeness (QED) is 0.362. The third-order valence-corrected chi connectivity index (χ3v) is 6.29. The molecule has 4 aromatic rings. The van der Waals surface area contributed by atoms with E-state index in [0.717, 1.165) is 12.8 Å². The summed E-state index contributed by atoms with van der Waals surface area (Å²) >= 11 is 0. The lowest BCUT2D eigenvalue weighted by molar-refractivity contribution is -0.121. The number of hydrogen-bond acceptors (Lipinski definition) is 1. The molecule has 164 valence electrons. The molecule has 3 nitrogen and oxygen atoms in total. The Morgan fingerprint density at radius 2 is 1.62 bits per heavy atom. The summed E-state index contributed by atoms with van der Waals surface area (Å²) in [6, 6.07) is 27.6. The van der Waals surface area contributed by atoms with Crippen molar-refractivity contribution in [3.05, 3.63) is 107 Å². The number of aryl methyl sites for hydroxylation is 3. The van der Waals surface area contributed by atoms with E-state index < -0.39 is 0 Å². The Morgan fingerprint density at radius 1 is 0.938 bits per heavy atom. The summed E-state index contributed by atoms with van der Waals surface area (Å²) in [7, 11) is 2.07. The molecule has 3 aromatic carbocycles.